The highest BCUT2D eigenvalue weighted by Gasteiger charge is 2.18. The lowest BCUT2D eigenvalue weighted by molar-refractivity contribution is -0.384. The van der Waals surface area contributed by atoms with Gasteiger partial charge < -0.3 is 10.1 Å². The maximum absolute atomic E-state index is 12.0. The van der Waals surface area contributed by atoms with E-state index in [0.717, 1.165) is 0 Å². The van der Waals surface area contributed by atoms with Crippen LogP contribution in [0.4, 0.5) is 5.69 Å². The molecule has 21 heavy (non-hydrogen) atoms. The van der Waals surface area contributed by atoms with E-state index in [0.29, 0.717) is 10.9 Å². The highest BCUT2D eigenvalue weighted by atomic mass is 16.6. The van der Waals surface area contributed by atoms with E-state index in [-0.39, 0.29) is 22.8 Å². The predicted molar refractivity (Wildman–Crippen MR) is 76.1 cm³/mol. The number of fused-ring (bicyclic) bond motifs is 1. The normalized spacial score (nSPS) is 10.7. The van der Waals surface area contributed by atoms with Crippen LogP contribution < -0.4 is 5.56 Å². The summed E-state index contributed by atoms with van der Waals surface area (Å²) >= 11 is 0. The fraction of sp³-hybridized carbons (Fsp3) is 0. The molecule has 1 heterocycles. The van der Waals surface area contributed by atoms with E-state index in [4.69, 9.17) is 0 Å². The molecule has 0 aliphatic heterocycles. The highest BCUT2D eigenvalue weighted by Crippen LogP contribution is 2.30. The Morgan fingerprint density at radius 1 is 1.19 bits per heavy atom. The molecular formula is C14H9N3O4. The van der Waals surface area contributed by atoms with E-state index in [9.17, 15) is 20.0 Å². The quantitative estimate of drug-likeness (QED) is 0.553. The van der Waals surface area contributed by atoms with Crippen LogP contribution in [0.25, 0.3) is 22.3 Å². The van der Waals surface area contributed by atoms with Gasteiger partial charge in [0.1, 0.15) is 11.6 Å². The van der Waals surface area contributed by atoms with Crippen LogP contribution in [0.2, 0.25) is 0 Å². The number of nitro groups is 1. The lowest BCUT2D eigenvalue weighted by atomic mass is 10.1. The van der Waals surface area contributed by atoms with Crippen LogP contribution in [0.15, 0.2) is 47.3 Å². The summed E-state index contributed by atoms with van der Waals surface area (Å²) in [6, 6.07) is 10.3. The Kier molecular flexibility index (Phi) is 2.87. The van der Waals surface area contributed by atoms with E-state index in [1.807, 2.05) is 0 Å². The molecule has 0 unspecified atom stereocenters. The Hall–Kier alpha value is -3.22. The van der Waals surface area contributed by atoms with Crippen molar-refractivity contribution in [3.63, 3.8) is 0 Å². The van der Waals surface area contributed by atoms with Crippen molar-refractivity contribution in [1.29, 1.82) is 0 Å². The van der Waals surface area contributed by atoms with E-state index in [1.54, 1.807) is 24.3 Å². The zero-order chi connectivity index (χ0) is 15.0. The number of nitro benzene ring substituents is 1. The third kappa shape index (κ3) is 2.20. The van der Waals surface area contributed by atoms with Crippen molar-refractivity contribution in [2.45, 2.75) is 0 Å². The third-order valence-electron chi connectivity index (χ3n) is 3.04. The number of hydrogen-bond donors (Lipinski definition) is 2. The van der Waals surface area contributed by atoms with Gasteiger partial charge in [-0.1, -0.05) is 12.1 Å². The zero-order valence-electron chi connectivity index (χ0n) is 10.6. The fourth-order valence-electron chi connectivity index (χ4n) is 2.09. The molecule has 0 spiro atoms. The average molecular weight is 283 g/mol. The van der Waals surface area contributed by atoms with Gasteiger partial charge in [-0.3, -0.25) is 14.9 Å². The summed E-state index contributed by atoms with van der Waals surface area (Å²) in [7, 11) is 0. The number of phenols is 1. The molecule has 0 saturated heterocycles. The van der Waals surface area contributed by atoms with Crippen molar-refractivity contribution >= 4 is 16.6 Å². The largest absolute Gasteiger partial charge is 0.508 e. The van der Waals surface area contributed by atoms with Gasteiger partial charge in [-0.15, -0.1) is 0 Å². The van der Waals surface area contributed by atoms with Crippen LogP contribution in [0, 0.1) is 10.1 Å². The topological polar surface area (TPSA) is 109 Å². The first-order chi connectivity index (χ1) is 10.1. The molecule has 0 bridgehead atoms. The summed E-state index contributed by atoms with van der Waals surface area (Å²) < 4.78 is 0. The maximum Gasteiger partial charge on any atom is 0.280 e. The molecule has 2 N–H and O–H groups in total. The number of rotatable bonds is 2. The molecular weight excluding hydrogens is 274 g/mol. The molecule has 104 valence electrons. The molecule has 0 fully saturated rings. The third-order valence-corrected chi connectivity index (χ3v) is 3.04. The number of nitrogens with one attached hydrogen (secondary N) is 1. The summed E-state index contributed by atoms with van der Waals surface area (Å²) in [5.74, 6) is -0.104. The van der Waals surface area contributed by atoms with Crippen LogP contribution in [0.3, 0.4) is 0 Å². The second-order valence-corrected chi connectivity index (χ2v) is 4.39. The molecule has 0 amide bonds. The lowest BCUT2D eigenvalue weighted by Gasteiger charge is -2.04. The van der Waals surface area contributed by atoms with Gasteiger partial charge in [0.05, 0.1) is 21.4 Å². The van der Waals surface area contributed by atoms with Crippen molar-refractivity contribution in [2.24, 2.45) is 0 Å². The number of aromatic hydroxyl groups is 1. The van der Waals surface area contributed by atoms with Crippen LogP contribution in [-0.2, 0) is 0 Å². The number of benzene rings is 2. The number of H-pyrrole nitrogens is 1. The van der Waals surface area contributed by atoms with Crippen molar-refractivity contribution in [3.8, 4) is 17.1 Å². The van der Waals surface area contributed by atoms with Gasteiger partial charge in [-0.25, -0.2) is 4.98 Å². The fourth-order valence-corrected chi connectivity index (χ4v) is 2.09. The molecule has 7 heteroatoms. The van der Waals surface area contributed by atoms with E-state index < -0.39 is 10.5 Å². The van der Waals surface area contributed by atoms with Crippen LogP contribution in [0.1, 0.15) is 0 Å². The smallest absolute Gasteiger partial charge is 0.280 e. The molecule has 3 aromatic rings. The van der Waals surface area contributed by atoms with Crippen LogP contribution >= 0.6 is 0 Å². The summed E-state index contributed by atoms with van der Waals surface area (Å²) in [4.78, 5) is 29.2. The van der Waals surface area contributed by atoms with Crippen LogP contribution in [-0.4, -0.2) is 20.0 Å². The minimum Gasteiger partial charge on any atom is -0.508 e. The number of aromatic amines is 1. The summed E-state index contributed by atoms with van der Waals surface area (Å²) in [6.07, 6.45) is 0. The SMILES string of the molecule is O=c1[nH]c(-c2cc(O)ccc2[N+](=O)[O-])nc2ccccc12. The first-order valence-electron chi connectivity index (χ1n) is 6.03. The average Bonchev–Trinajstić information content (AvgIpc) is 2.46. The summed E-state index contributed by atoms with van der Waals surface area (Å²) in [5.41, 5.74) is -0.156. The molecule has 0 saturated carbocycles. The number of phenolic OH excluding ortho intramolecular Hbond substituents is 1. The van der Waals surface area contributed by atoms with Gasteiger partial charge in [0.2, 0.25) is 0 Å². The minimum absolute atomic E-state index is 0.0429. The van der Waals surface area contributed by atoms with E-state index in [2.05, 4.69) is 9.97 Å². The number of aromatic nitrogens is 2. The van der Waals surface area contributed by atoms with Gasteiger partial charge in [0.25, 0.3) is 11.2 Å². The van der Waals surface area contributed by atoms with E-state index >= 15 is 0 Å². The Morgan fingerprint density at radius 3 is 2.71 bits per heavy atom. The Morgan fingerprint density at radius 2 is 1.95 bits per heavy atom. The first kappa shape index (κ1) is 12.8. The monoisotopic (exact) mass is 283 g/mol. The van der Waals surface area contributed by atoms with Crippen molar-refractivity contribution in [1.82, 2.24) is 9.97 Å². The molecule has 0 aliphatic carbocycles. The van der Waals surface area contributed by atoms with Crippen molar-refractivity contribution in [3.05, 3.63) is 62.9 Å². The Balaban J connectivity index is 2.33. The molecule has 2 aromatic carbocycles. The summed E-state index contributed by atoms with van der Waals surface area (Å²) in [6.45, 7) is 0. The molecule has 0 radical (unpaired) electrons. The van der Waals surface area contributed by atoms with Gasteiger partial charge in [-0.05, 0) is 24.3 Å². The van der Waals surface area contributed by atoms with Gasteiger partial charge in [0.15, 0.2) is 0 Å². The van der Waals surface area contributed by atoms with Crippen LogP contribution in [0.5, 0.6) is 5.75 Å². The maximum atomic E-state index is 12.0. The number of nitrogens with zero attached hydrogens (tertiary/aromatic N) is 2. The van der Waals surface area contributed by atoms with Crippen molar-refractivity contribution < 1.29 is 10.0 Å². The molecule has 0 atom stereocenters. The standard InChI is InChI=1S/C14H9N3O4/c18-8-5-6-12(17(20)21)10(7-8)13-15-11-4-2-1-3-9(11)14(19)16-13/h1-7,18H,(H,15,16,19). The second-order valence-electron chi connectivity index (χ2n) is 4.39. The first-order valence-corrected chi connectivity index (χ1v) is 6.03. The summed E-state index contributed by atoms with van der Waals surface area (Å²) in [5, 5.41) is 21.0. The molecule has 3 rings (SSSR count). The molecule has 0 aliphatic rings. The van der Waals surface area contributed by atoms with Gasteiger partial charge >= 0.3 is 0 Å². The Labute approximate surface area is 117 Å². The highest BCUT2D eigenvalue weighted by molar-refractivity contribution is 5.80. The van der Waals surface area contributed by atoms with E-state index in [1.165, 1.54) is 18.2 Å². The van der Waals surface area contributed by atoms with Crippen molar-refractivity contribution in [2.75, 3.05) is 0 Å². The predicted octanol–water partition coefficient (Wildman–Crippen LogP) is 2.20. The number of para-hydroxylation sites is 1. The van der Waals surface area contributed by atoms with Gasteiger partial charge in [0, 0.05) is 6.07 Å². The van der Waals surface area contributed by atoms with Gasteiger partial charge in [-0.2, -0.15) is 0 Å². The lowest BCUT2D eigenvalue weighted by Crippen LogP contribution is -2.10. The molecule has 1 aromatic heterocycles. The second kappa shape index (κ2) is 4.71. The molecule has 7 nitrogen and oxygen atoms in total. The number of hydrogen-bond acceptors (Lipinski definition) is 5. The zero-order valence-corrected chi connectivity index (χ0v) is 10.6. The minimum atomic E-state index is -0.593. The Bertz CT molecular complexity index is 917.